The van der Waals surface area contributed by atoms with Gasteiger partial charge in [-0.3, -0.25) is 14.4 Å². The fraction of sp³-hybridized carbons (Fsp3) is 0.444. The van der Waals surface area contributed by atoms with Crippen molar-refractivity contribution in [3.05, 3.63) is 64.1 Å². The highest BCUT2D eigenvalue weighted by Gasteiger charge is 2.53. The van der Waals surface area contributed by atoms with Crippen LogP contribution in [0, 0.1) is 12.8 Å². The molecule has 0 bridgehead atoms. The first-order valence-corrected chi connectivity index (χ1v) is 12.9. The Morgan fingerprint density at radius 3 is 2.31 bits per heavy atom. The van der Waals surface area contributed by atoms with Gasteiger partial charge in [0, 0.05) is 35.9 Å². The maximum absolute atomic E-state index is 13.5. The number of amides is 3. The van der Waals surface area contributed by atoms with Crippen LogP contribution in [0.25, 0.3) is 0 Å². The van der Waals surface area contributed by atoms with E-state index in [4.69, 9.17) is 0 Å². The van der Waals surface area contributed by atoms with E-state index < -0.39 is 11.6 Å². The van der Waals surface area contributed by atoms with Crippen LogP contribution < -0.4 is 10.2 Å². The number of hydrogen-bond acceptors (Lipinski definition) is 4. The molecule has 4 rings (SSSR count). The zero-order valence-electron chi connectivity index (χ0n) is 20.8. The first-order chi connectivity index (χ1) is 16.6. The van der Waals surface area contributed by atoms with Crippen LogP contribution in [0.5, 0.6) is 0 Å². The van der Waals surface area contributed by atoms with Crippen LogP contribution in [0.2, 0.25) is 0 Å². The number of piperidine rings is 1. The molecule has 186 valence electrons. The van der Waals surface area contributed by atoms with Gasteiger partial charge in [0.2, 0.25) is 11.8 Å². The van der Waals surface area contributed by atoms with Crippen LogP contribution >= 0.6 is 15.9 Å². The summed E-state index contributed by atoms with van der Waals surface area (Å²) in [6, 6.07) is 14.7. The Morgan fingerprint density at radius 2 is 1.71 bits per heavy atom. The smallest absolute Gasteiger partial charge is 0.251 e. The van der Waals surface area contributed by atoms with E-state index in [9.17, 15) is 14.4 Å². The van der Waals surface area contributed by atoms with E-state index in [0.29, 0.717) is 38.2 Å². The van der Waals surface area contributed by atoms with E-state index in [-0.39, 0.29) is 23.6 Å². The topological polar surface area (TPSA) is 73.0 Å². The van der Waals surface area contributed by atoms with Gasteiger partial charge in [0.05, 0.1) is 6.67 Å². The molecule has 2 aromatic carbocycles. The van der Waals surface area contributed by atoms with Crippen LogP contribution in [0.3, 0.4) is 0 Å². The zero-order valence-corrected chi connectivity index (χ0v) is 22.3. The van der Waals surface area contributed by atoms with Gasteiger partial charge in [-0.2, -0.15) is 0 Å². The van der Waals surface area contributed by atoms with Gasteiger partial charge in [0.1, 0.15) is 11.6 Å². The Kier molecular flexibility index (Phi) is 7.22. The Morgan fingerprint density at radius 1 is 1.06 bits per heavy atom. The largest absolute Gasteiger partial charge is 0.341 e. The number of hydrogen-bond donors (Lipinski definition) is 1. The number of benzene rings is 2. The van der Waals surface area contributed by atoms with Crippen LogP contribution in [0.15, 0.2) is 53.0 Å². The number of likely N-dealkylation sites (N-methyl/N-ethyl adjacent to an activating group) is 1. The predicted octanol–water partition coefficient (Wildman–Crippen LogP) is 3.81. The van der Waals surface area contributed by atoms with Gasteiger partial charge in [-0.25, -0.2) is 0 Å². The summed E-state index contributed by atoms with van der Waals surface area (Å²) in [5.74, 6) is -0.306. The molecular weight excluding hydrogens is 508 g/mol. The summed E-state index contributed by atoms with van der Waals surface area (Å²) >= 11 is 3.48. The van der Waals surface area contributed by atoms with Crippen LogP contribution in [0.1, 0.15) is 42.6 Å². The Hall–Kier alpha value is -2.87. The molecule has 2 aliphatic heterocycles. The molecule has 2 aliphatic rings. The summed E-state index contributed by atoms with van der Waals surface area (Å²) < 4.78 is 0.988. The maximum Gasteiger partial charge on any atom is 0.251 e. The number of likely N-dealkylation sites (tertiary alicyclic amines) is 1. The van der Waals surface area contributed by atoms with E-state index in [2.05, 4.69) is 26.1 Å². The molecule has 7 nitrogen and oxygen atoms in total. The first kappa shape index (κ1) is 25.2. The van der Waals surface area contributed by atoms with Crippen molar-refractivity contribution in [2.75, 3.05) is 31.7 Å². The molecule has 3 amide bonds. The summed E-state index contributed by atoms with van der Waals surface area (Å²) in [6.45, 7) is 7.27. The lowest BCUT2D eigenvalue weighted by Crippen LogP contribution is -2.60. The van der Waals surface area contributed by atoms with Gasteiger partial charge in [-0.1, -0.05) is 47.5 Å². The molecule has 35 heavy (non-hydrogen) atoms. The van der Waals surface area contributed by atoms with Gasteiger partial charge >= 0.3 is 0 Å². The summed E-state index contributed by atoms with van der Waals surface area (Å²) in [4.78, 5) is 45.4. The monoisotopic (exact) mass is 540 g/mol. The maximum atomic E-state index is 13.5. The molecule has 2 fully saturated rings. The number of rotatable bonds is 5. The van der Waals surface area contributed by atoms with Gasteiger partial charge < -0.3 is 20.0 Å². The molecule has 1 N–H and O–H groups in total. The minimum atomic E-state index is -0.655. The van der Waals surface area contributed by atoms with Crippen molar-refractivity contribution in [1.29, 1.82) is 0 Å². The van der Waals surface area contributed by atoms with Crippen LogP contribution in [-0.4, -0.2) is 65.9 Å². The highest BCUT2D eigenvalue weighted by atomic mass is 79.9. The van der Waals surface area contributed by atoms with Gasteiger partial charge in [-0.05, 0) is 62.1 Å². The molecule has 1 spiro atoms. The third-order valence-electron chi connectivity index (χ3n) is 7.16. The zero-order chi connectivity index (χ0) is 25.3. The Bertz CT molecular complexity index is 1110. The van der Waals surface area contributed by atoms with Gasteiger partial charge in [0.25, 0.3) is 5.91 Å². The fourth-order valence-electron chi connectivity index (χ4n) is 5.13. The standard InChI is InChI=1S/C27H33BrN4O3/c1-18(2)23(29-24(33)20-7-5-6-19(3)16-20)25(34)31-14-12-27(13-15-31)26(35)30(4)17-32(27)22-10-8-21(28)9-11-22/h5-11,16,18,23H,12-15,17H2,1-4H3,(H,29,33). The number of aryl methyl sites for hydroxylation is 1. The van der Waals surface area contributed by atoms with E-state index in [1.807, 2.05) is 70.3 Å². The SMILES string of the molecule is Cc1cccc(C(=O)NC(C(=O)N2CCC3(CC2)C(=O)N(C)CN3c2ccc(Br)cc2)C(C)C)c1. The Balaban J connectivity index is 1.48. The number of nitrogens with zero attached hydrogens (tertiary/aromatic N) is 3. The molecule has 2 aromatic rings. The van der Waals surface area contributed by atoms with Crippen molar-refractivity contribution in [1.82, 2.24) is 15.1 Å². The Labute approximate surface area is 215 Å². The highest BCUT2D eigenvalue weighted by Crippen LogP contribution is 2.39. The fourth-order valence-corrected chi connectivity index (χ4v) is 5.40. The summed E-state index contributed by atoms with van der Waals surface area (Å²) in [5, 5.41) is 2.95. The number of halogens is 1. The number of anilines is 1. The molecule has 2 heterocycles. The summed E-state index contributed by atoms with van der Waals surface area (Å²) in [7, 11) is 1.83. The third kappa shape index (κ3) is 4.94. The first-order valence-electron chi connectivity index (χ1n) is 12.1. The van der Waals surface area contributed by atoms with Crippen molar-refractivity contribution >= 4 is 39.3 Å². The van der Waals surface area contributed by atoms with Crippen molar-refractivity contribution in [2.45, 2.75) is 45.2 Å². The van der Waals surface area contributed by atoms with E-state index in [1.54, 1.807) is 15.9 Å². The van der Waals surface area contributed by atoms with E-state index in [0.717, 1.165) is 15.7 Å². The van der Waals surface area contributed by atoms with E-state index >= 15 is 0 Å². The van der Waals surface area contributed by atoms with Crippen molar-refractivity contribution in [3.63, 3.8) is 0 Å². The molecule has 1 unspecified atom stereocenters. The summed E-state index contributed by atoms with van der Waals surface area (Å²) in [5.41, 5.74) is 1.88. The third-order valence-corrected chi connectivity index (χ3v) is 7.68. The number of nitrogens with one attached hydrogen (secondary N) is 1. The quantitative estimate of drug-likeness (QED) is 0.625. The van der Waals surface area contributed by atoms with Gasteiger partial charge in [-0.15, -0.1) is 0 Å². The minimum Gasteiger partial charge on any atom is -0.341 e. The molecule has 0 radical (unpaired) electrons. The minimum absolute atomic E-state index is 0.0642. The van der Waals surface area contributed by atoms with Gasteiger partial charge in [0.15, 0.2) is 0 Å². The summed E-state index contributed by atoms with van der Waals surface area (Å²) in [6.07, 6.45) is 1.10. The lowest BCUT2D eigenvalue weighted by atomic mass is 9.85. The molecule has 0 aromatic heterocycles. The average Bonchev–Trinajstić information content (AvgIpc) is 3.07. The molecule has 1 atom stereocenters. The van der Waals surface area contributed by atoms with Crippen molar-refractivity contribution in [3.8, 4) is 0 Å². The molecule has 2 saturated heterocycles. The second kappa shape index (κ2) is 10.0. The second-order valence-electron chi connectivity index (χ2n) is 9.97. The molecule has 8 heteroatoms. The van der Waals surface area contributed by atoms with E-state index in [1.165, 1.54) is 0 Å². The second-order valence-corrected chi connectivity index (χ2v) is 10.9. The van der Waals surface area contributed by atoms with Crippen LogP contribution in [-0.2, 0) is 9.59 Å². The number of carbonyl (C=O) groups excluding carboxylic acids is 3. The normalized spacial score (nSPS) is 18.3. The highest BCUT2D eigenvalue weighted by molar-refractivity contribution is 9.10. The number of carbonyl (C=O) groups is 3. The van der Waals surface area contributed by atoms with Crippen LogP contribution in [0.4, 0.5) is 5.69 Å². The van der Waals surface area contributed by atoms with Crippen molar-refractivity contribution < 1.29 is 14.4 Å². The lowest BCUT2D eigenvalue weighted by Gasteiger charge is -2.44. The predicted molar refractivity (Wildman–Crippen MR) is 140 cm³/mol. The molecule has 0 aliphatic carbocycles. The average molecular weight is 541 g/mol. The molecular formula is C27H33BrN4O3. The molecule has 0 saturated carbocycles. The van der Waals surface area contributed by atoms with Crippen molar-refractivity contribution in [2.24, 2.45) is 5.92 Å². The lowest BCUT2D eigenvalue weighted by molar-refractivity contribution is -0.139.